The average Bonchev–Trinajstić information content (AvgIpc) is 2.63. The van der Waals surface area contributed by atoms with E-state index in [-0.39, 0.29) is 11.5 Å². The lowest BCUT2D eigenvalue weighted by molar-refractivity contribution is -0.00784. The quantitative estimate of drug-likeness (QED) is 0.617. The molecule has 0 saturated carbocycles. The summed E-state index contributed by atoms with van der Waals surface area (Å²) in [4.78, 5) is 0. The summed E-state index contributed by atoms with van der Waals surface area (Å²) in [5, 5.41) is 0.00503. The fourth-order valence-corrected chi connectivity index (χ4v) is 3.48. The molecule has 0 N–H and O–H groups in total. The van der Waals surface area contributed by atoms with E-state index in [0.717, 1.165) is 5.56 Å². The van der Waals surface area contributed by atoms with Crippen LogP contribution in [0.25, 0.3) is 0 Å². The largest absolute Gasteiger partial charge is 0.547 e. The van der Waals surface area contributed by atoms with Crippen LogP contribution >= 0.6 is 0 Å². The molecule has 1 nitrogen and oxygen atoms in total. The number of benzene rings is 1. The van der Waals surface area contributed by atoms with Gasteiger partial charge in [0.1, 0.15) is 0 Å². The number of halogens is 2. The fraction of sp³-hybridized carbons (Fsp3) is 0.556. The topological polar surface area (TPSA) is 9.23 Å². The predicted molar refractivity (Wildman–Crippen MR) is 89.8 cm³/mol. The molecule has 122 valence electrons. The van der Waals surface area contributed by atoms with Crippen LogP contribution in [0.1, 0.15) is 44.2 Å². The van der Waals surface area contributed by atoms with Crippen LogP contribution in [-0.4, -0.2) is 14.2 Å². The van der Waals surface area contributed by atoms with Crippen molar-refractivity contribution in [3.8, 4) is 0 Å². The molecule has 0 aromatic heterocycles. The first-order valence-electron chi connectivity index (χ1n) is 7.76. The number of alkyl halides is 2. The molecule has 0 amide bonds. The minimum Gasteiger partial charge on any atom is -0.547 e. The van der Waals surface area contributed by atoms with E-state index in [9.17, 15) is 8.78 Å². The van der Waals surface area contributed by atoms with E-state index in [4.69, 9.17) is 4.43 Å². The summed E-state index contributed by atoms with van der Waals surface area (Å²) in [6.07, 6.45) is 1.34. The van der Waals surface area contributed by atoms with Crippen LogP contribution in [0, 0.1) is 6.92 Å². The van der Waals surface area contributed by atoms with E-state index in [1.54, 1.807) is 18.2 Å². The third kappa shape index (κ3) is 3.42. The van der Waals surface area contributed by atoms with Crippen molar-refractivity contribution in [2.24, 2.45) is 0 Å². The van der Waals surface area contributed by atoms with Gasteiger partial charge in [0.2, 0.25) is 8.32 Å². The summed E-state index contributed by atoms with van der Waals surface area (Å²) >= 11 is 0. The molecular weight excluding hydrogens is 298 g/mol. The standard InChI is InChI=1S/C18H26F2OSi/c1-13-7-9-14(10-8-13)16-11-15(12-18(16,19)20)21-22(5,6)17(2,3)4/h7-11,16H,12H2,1-6H3. The maximum absolute atomic E-state index is 14.4. The first kappa shape index (κ1) is 17.2. The molecule has 2 rings (SSSR count). The van der Waals surface area contributed by atoms with Crippen molar-refractivity contribution in [2.45, 2.75) is 64.1 Å². The van der Waals surface area contributed by atoms with E-state index in [2.05, 4.69) is 33.9 Å². The third-order valence-corrected chi connectivity index (χ3v) is 9.23. The Bertz CT molecular complexity index is 568. The van der Waals surface area contributed by atoms with Gasteiger partial charge in [-0.1, -0.05) is 50.6 Å². The van der Waals surface area contributed by atoms with Gasteiger partial charge in [-0.2, -0.15) is 0 Å². The zero-order chi connectivity index (χ0) is 16.8. The SMILES string of the molecule is Cc1ccc(C2C=C(O[Si](C)(C)C(C)(C)C)CC2(F)F)cc1. The summed E-state index contributed by atoms with van der Waals surface area (Å²) < 4.78 is 34.9. The second-order valence-electron chi connectivity index (χ2n) is 7.82. The lowest BCUT2D eigenvalue weighted by Crippen LogP contribution is -2.40. The molecule has 0 heterocycles. The van der Waals surface area contributed by atoms with Crippen LogP contribution in [0.5, 0.6) is 0 Å². The maximum atomic E-state index is 14.4. The van der Waals surface area contributed by atoms with Gasteiger partial charge in [0.05, 0.1) is 18.1 Å². The Morgan fingerprint density at radius 1 is 1.14 bits per heavy atom. The first-order chi connectivity index (χ1) is 9.92. The number of allylic oxidation sites excluding steroid dienone is 2. The minimum atomic E-state index is -2.77. The van der Waals surface area contributed by atoms with E-state index in [0.29, 0.717) is 11.3 Å². The molecule has 0 saturated heterocycles. The van der Waals surface area contributed by atoms with Crippen LogP contribution in [0.2, 0.25) is 18.1 Å². The second kappa shape index (κ2) is 5.48. The van der Waals surface area contributed by atoms with Crippen molar-refractivity contribution < 1.29 is 13.2 Å². The van der Waals surface area contributed by atoms with Crippen molar-refractivity contribution in [3.05, 3.63) is 47.2 Å². The van der Waals surface area contributed by atoms with E-state index < -0.39 is 20.2 Å². The summed E-state index contributed by atoms with van der Waals surface area (Å²) in [6, 6.07) is 7.34. The molecule has 1 aromatic rings. The maximum Gasteiger partial charge on any atom is 0.265 e. The van der Waals surface area contributed by atoms with Gasteiger partial charge >= 0.3 is 0 Å². The van der Waals surface area contributed by atoms with E-state index >= 15 is 0 Å². The third-order valence-electron chi connectivity index (χ3n) is 4.85. The smallest absolute Gasteiger partial charge is 0.265 e. The number of hydrogen-bond acceptors (Lipinski definition) is 1. The Morgan fingerprint density at radius 3 is 2.18 bits per heavy atom. The summed E-state index contributed by atoms with van der Waals surface area (Å²) in [6.45, 7) is 12.5. The van der Waals surface area contributed by atoms with Crippen LogP contribution in [-0.2, 0) is 4.43 Å². The lowest BCUT2D eigenvalue weighted by Gasteiger charge is -2.37. The average molecular weight is 324 g/mol. The van der Waals surface area contributed by atoms with Crippen molar-refractivity contribution >= 4 is 8.32 Å². The van der Waals surface area contributed by atoms with Gasteiger partial charge in [-0.05, 0) is 36.7 Å². The molecule has 1 aromatic carbocycles. The highest BCUT2D eigenvalue weighted by molar-refractivity contribution is 6.74. The zero-order valence-electron chi connectivity index (χ0n) is 14.3. The van der Waals surface area contributed by atoms with Crippen molar-refractivity contribution in [2.75, 3.05) is 0 Å². The molecule has 0 fully saturated rings. The predicted octanol–water partition coefficient (Wildman–Crippen LogP) is 6.02. The Balaban J connectivity index is 2.26. The van der Waals surface area contributed by atoms with Gasteiger partial charge in [-0.25, -0.2) is 8.78 Å². The summed E-state index contributed by atoms with van der Waals surface area (Å²) in [7, 11) is -2.07. The van der Waals surface area contributed by atoms with Crippen LogP contribution in [0.15, 0.2) is 36.1 Å². The number of hydrogen-bond donors (Lipinski definition) is 0. The Labute approximate surface area is 133 Å². The molecule has 0 spiro atoms. The zero-order valence-corrected chi connectivity index (χ0v) is 15.3. The Morgan fingerprint density at radius 2 is 1.68 bits per heavy atom. The molecule has 0 bridgehead atoms. The highest BCUT2D eigenvalue weighted by Gasteiger charge is 2.48. The molecular formula is C18H26F2OSi. The van der Waals surface area contributed by atoms with Gasteiger partial charge < -0.3 is 4.43 Å². The van der Waals surface area contributed by atoms with Gasteiger partial charge in [0.15, 0.2) is 0 Å². The molecule has 0 radical (unpaired) electrons. The van der Waals surface area contributed by atoms with Crippen LogP contribution in [0.3, 0.4) is 0 Å². The van der Waals surface area contributed by atoms with Gasteiger partial charge in [0, 0.05) is 0 Å². The summed E-state index contributed by atoms with van der Waals surface area (Å²) in [5.74, 6) is -3.19. The Hall–Kier alpha value is -1.16. The second-order valence-corrected chi connectivity index (χ2v) is 12.5. The molecule has 1 aliphatic rings. The Kier molecular flexibility index (Phi) is 4.28. The number of aryl methyl sites for hydroxylation is 1. The fourth-order valence-electron chi connectivity index (χ4n) is 2.37. The van der Waals surface area contributed by atoms with Crippen LogP contribution in [0.4, 0.5) is 8.78 Å². The monoisotopic (exact) mass is 324 g/mol. The van der Waals surface area contributed by atoms with Crippen molar-refractivity contribution in [1.29, 1.82) is 0 Å². The van der Waals surface area contributed by atoms with Gasteiger partial charge in [-0.15, -0.1) is 0 Å². The normalized spacial score (nSPS) is 21.6. The molecule has 4 heteroatoms. The van der Waals surface area contributed by atoms with Crippen molar-refractivity contribution in [3.63, 3.8) is 0 Å². The molecule has 1 unspecified atom stereocenters. The molecule has 1 aliphatic carbocycles. The van der Waals surface area contributed by atoms with Crippen LogP contribution < -0.4 is 0 Å². The highest BCUT2D eigenvalue weighted by atomic mass is 28.4. The first-order valence-corrected chi connectivity index (χ1v) is 10.7. The van der Waals surface area contributed by atoms with E-state index in [1.807, 2.05) is 19.1 Å². The minimum absolute atomic E-state index is 0.00503. The van der Waals surface area contributed by atoms with Crippen molar-refractivity contribution in [1.82, 2.24) is 0 Å². The summed E-state index contributed by atoms with van der Waals surface area (Å²) in [5.41, 5.74) is 1.73. The molecule has 22 heavy (non-hydrogen) atoms. The van der Waals surface area contributed by atoms with Gasteiger partial charge in [-0.3, -0.25) is 0 Å². The lowest BCUT2D eigenvalue weighted by atomic mass is 9.95. The van der Waals surface area contributed by atoms with E-state index in [1.165, 1.54) is 0 Å². The van der Waals surface area contributed by atoms with Gasteiger partial charge in [0.25, 0.3) is 5.92 Å². The highest BCUT2D eigenvalue weighted by Crippen LogP contribution is 2.48. The number of rotatable bonds is 3. The molecule has 0 aliphatic heterocycles. The molecule has 1 atom stereocenters.